The number of carbonyl (C=O) groups is 1. The van der Waals surface area contributed by atoms with Gasteiger partial charge in [-0.15, -0.1) is 0 Å². The molecule has 0 bridgehead atoms. The monoisotopic (exact) mass is 305 g/mol. The quantitative estimate of drug-likeness (QED) is 0.679. The number of hydrogen-bond donors (Lipinski definition) is 1. The zero-order chi connectivity index (χ0) is 16.2. The van der Waals surface area contributed by atoms with Gasteiger partial charge in [0.1, 0.15) is 5.82 Å². The summed E-state index contributed by atoms with van der Waals surface area (Å²) < 4.78 is 13.0. The topological polar surface area (TPSA) is 29.1 Å². The summed E-state index contributed by atoms with van der Waals surface area (Å²) in [4.78, 5) is 12.5. The van der Waals surface area contributed by atoms with Gasteiger partial charge in [-0.25, -0.2) is 4.39 Å². The van der Waals surface area contributed by atoms with Gasteiger partial charge in [0.15, 0.2) is 5.78 Å². The van der Waals surface area contributed by atoms with Gasteiger partial charge in [0.25, 0.3) is 0 Å². The minimum atomic E-state index is -0.278. The number of benzene rings is 3. The number of rotatable bonds is 4. The number of nitrogens with one attached hydrogen (secondary N) is 1. The number of ketones is 1. The van der Waals surface area contributed by atoms with Gasteiger partial charge in [0.2, 0.25) is 0 Å². The van der Waals surface area contributed by atoms with Crippen LogP contribution < -0.4 is 5.32 Å². The fourth-order valence-electron chi connectivity index (χ4n) is 2.34. The molecule has 0 amide bonds. The van der Waals surface area contributed by atoms with Crippen LogP contribution in [0.15, 0.2) is 72.8 Å². The standard InChI is InChI=1S/C20H16FNO/c1-14-7-8-16(20(23)15-5-3-2-4-6-15)13-19(14)22-18-11-9-17(21)10-12-18/h2-13,22H,1H3. The first kappa shape index (κ1) is 15.0. The lowest BCUT2D eigenvalue weighted by Crippen LogP contribution is -2.03. The highest BCUT2D eigenvalue weighted by Crippen LogP contribution is 2.23. The number of carbonyl (C=O) groups excluding carboxylic acids is 1. The van der Waals surface area contributed by atoms with Gasteiger partial charge >= 0.3 is 0 Å². The number of anilines is 2. The van der Waals surface area contributed by atoms with Crippen molar-refractivity contribution in [2.45, 2.75) is 6.92 Å². The summed E-state index contributed by atoms with van der Waals surface area (Å²) >= 11 is 0. The summed E-state index contributed by atoms with van der Waals surface area (Å²) in [5.41, 5.74) is 3.90. The van der Waals surface area contributed by atoms with Crippen molar-refractivity contribution in [1.29, 1.82) is 0 Å². The smallest absolute Gasteiger partial charge is 0.193 e. The zero-order valence-corrected chi connectivity index (χ0v) is 12.7. The SMILES string of the molecule is Cc1ccc(C(=O)c2ccccc2)cc1Nc1ccc(F)cc1. The first-order chi connectivity index (χ1) is 11.1. The number of halogens is 1. The first-order valence-electron chi connectivity index (χ1n) is 7.36. The van der Waals surface area contributed by atoms with E-state index >= 15 is 0 Å². The normalized spacial score (nSPS) is 10.3. The molecule has 0 radical (unpaired) electrons. The van der Waals surface area contributed by atoms with Gasteiger partial charge in [-0.2, -0.15) is 0 Å². The lowest BCUT2D eigenvalue weighted by atomic mass is 10.0. The van der Waals surface area contributed by atoms with E-state index < -0.39 is 0 Å². The first-order valence-corrected chi connectivity index (χ1v) is 7.36. The van der Waals surface area contributed by atoms with E-state index in [0.29, 0.717) is 11.1 Å². The maximum atomic E-state index is 13.0. The molecule has 114 valence electrons. The molecule has 0 fully saturated rings. The Bertz CT molecular complexity index is 826. The Balaban J connectivity index is 1.90. The average molecular weight is 305 g/mol. The van der Waals surface area contributed by atoms with E-state index in [1.165, 1.54) is 12.1 Å². The largest absolute Gasteiger partial charge is 0.355 e. The fraction of sp³-hybridized carbons (Fsp3) is 0.0500. The lowest BCUT2D eigenvalue weighted by molar-refractivity contribution is 0.103. The molecule has 0 unspecified atom stereocenters. The molecule has 23 heavy (non-hydrogen) atoms. The van der Waals surface area contributed by atoms with Crippen LogP contribution in [0.1, 0.15) is 21.5 Å². The lowest BCUT2D eigenvalue weighted by Gasteiger charge is -2.11. The van der Waals surface area contributed by atoms with Crippen molar-refractivity contribution in [2.75, 3.05) is 5.32 Å². The van der Waals surface area contributed by atoms with Crippen LogP contribution in [-0.2, 0) is 0 Å². The molecule has 3 aromatic carbocycles. The van der Waals surface area contributed by atoms with Crippen molar-refractivity contribution < 1.29 is 9.18 Å². The Morgan fingerprint density at radius 3 is 2.26 bits per heavy atom. The van der Waals surface area contributed by atoms with E-state index in [1.54, 1.807) is 24.3 Å². The summed E-state index contributed by atoms with van der Waals surface area (Å²) in [6, 6.07) is 20.9. The maximum Gasteiger partial charge on any atom is 0.193 e. The van der Waals surface area contributed by atoms with Crippen molar-refractivity contribution in [3.05, 3.63) is 95.3 Å². The Labute approximate surface area is 134 Å². The van der Waals surface area contributed by atoms with Gasteiger partial charge in [0, 0.05) is 22.5 Å². The van der Waals surface area contributed by atoms with Crippen molar-refractivity contribution in [1.82, 2.24) is 0 Å². The molecule has 2 nitrogen and oxygen atoms in total. The van der Waals surface area contributed by atoms with Gasteiger partial charge in [0.05, 0.1) is 0 Å². The molecule has 0 aromatic heterocycles. The molecule has 0 aliphatic heterocycles. The molecule has 0 heterocycles. The molecule has 3 rings (SSSR count). The molecule has 0 saturated heterocycles. The van der Waals surface area contributed by atoms with Crippen LogP contribution in [0.5, 0.6) is 0 Å². The summed E-state index contributed by atoms with van der Waals surface area (Å²) in [6.07, 6.45) is 0. The molecule has 1 N–H and O–H groups in total. The zero-order valence-electron chi connectivity index (χ0n) is 12.7. The number of aryl methyl sites for hydroxylation is 1. The van der Waals surface area contributed by atoms with Crippen LogP contribution >= 0.6 is 0 Å². The predicted molar refractivity (Wildman–Crippen MR) is 90.7 cm³/mol. The second-order valence-corrected chi connectivity index (χ2v) is 5.36. The minimum absolute atomic E-state index is 0.0206. The Morgan fingerprint density at radius 2 is 1.57 bits per heavy atom. The van der Waals surface area contributed by atoms with Crippen molar-refractivity contribution in [3.63, 3.8) is 0 Å². The highest BCUT2D eigenvalue weighted by molar-refractivity contribution is 6.09. The molecule has 0 spiro atoms. The average Bonchev–Trinajstić information content (AvgIpc) is 2.59. The Hall–Kier alpha value is -2.94. The Morgan fingerprint density at radius 1 is 0.870 bits per heavy atom. The molecule has 0 saturated carbocycles. The van der Waals surface area contributed by atoms with Crippen molar-refractivity contribution >= 4 is 17.2 Å². The van der Waals surface area contributed by atoms with Crippen LogP contribution in [0.25, 0.3) is 0 Å². The molecule has 3 heteroatoms. The van der Waals surface area contributed by atoms with Gasteiger partial charge < -0.3 is 5.32 Å². The molecular formula is C20H16FNO. The van der Waals surface area contributed by atoms with Crippen molar-refractivity contribution in [2.24, 2.45) is 0 Å². The minimum Gasteiger partial charge on any atom is -0.355 e. The van der Waals surface area contributed by atoms with Gasteiger partial charge in [-0.05, 0) is 42.8 Å². The molecule has 0 aliphatic rings. The van der Waals surface area contributed by atoms with Gasteiger partial charge in [-0.1, -0.05) is 42.5 Å². The van der Waals surface area contributed by atoms with Crippen LogP contribution in [0.3, 0.4) is 0 Å². The third-order valence-electron chi connectivity index (χ3n) is 3.66. The predicted octanol–water partition coefficient (Wildman–Crippen LogP) is 5.11. The van der Waals surface area contributed by atoms with Crippen molar-refractivity contribution in [3.8, 4) is 0 Å². The van der Waals surface area contributed by atoms with Crippen LogP contribution in [-0.4, -0.2) is 5.78 Å². The second-order valence-electron chi connectivity index (χ2n) is 5.36. The third-order valence-corrected chi connectivity index (χ3v) is 3.66. The van der Waals surface area contributed by atoms with E-state index in [4.69, 9.17) is 0 Å². The molecule has 0 atom stereocenters. The third kappa shape index (κ3) is 3.46. The van der Waals surface area contributed by atoms with E-state index in [9.17, 15) is 9.18 Å². The maximum absolute atomic E-state index is 13.0. The molecular weight excluding hydrogens is 289 g/mol. The summed E-state index contributed by atoms with van der Waals surface area (Å²) in [5, 5.41) is 3.23. The van der Waals surface area contributed by atoms with E-state index in [0.717, 1.165) is 16.9 Å². The van der Waals surface area contributed by atoms with E-state index in [2.05, 4.69) is 5.32 Å². The summed E-state index contributed by atoms with van der Waals surface area (Å²) in [6.45, 7) is 1.96. The molecule has 3 aromatic rings. The van der Waals surface area contributed by atoms with E-state index in [-0.39, 0.29) is 11.6 Å². The second kappa shape index (κ2) is 6.44. The van der Waals surface area contributed by atoms with Gasteiger partial charge in [-0.3, -0.25) is 4.79 Å². The summed E-state index contributed by atoms with van der Waals surface area (Å²) in [7, 11) is 0. The van der Waals surface area contributed by atoms with Crippen LogP contribution in [0.4, 0.5) is 15.8 Å². The number of hydrogen-bond acceptors (Lipinski definition) is 2. The highest BCUT2D eigenvalue weighted by Gasteiger charge is 2.10. The summed E-state index contributed by atoms with van der Waals surface area (Å²) in [5.74, 6) is -0.298. The fourth-order valence-corrected chi connectivity index (χ4v) is 2.34. The van der Waals surface area contributed by atoms with E-state index in [1.807, 2.05) is 43.3 Å². The highest BCUT2D eigenvalue weighted by atomic mass is 19.1. The van der Waals surface area contributed by atoms with Crippen LogP contribution in [0, 0.1) is 12.7 Å². The molecule has 0 aliphatic carbocycles. The Kier molecular flexibility index (Phi) is 4.20. The van der Waals surface area contributed by atoms with Crippen LogP contribution in [0.2, 0.25) is 0 Å².